The normalized spacial score (nSPS) is 15.5. The highest BCUT2D eigenvalue weighted by molar-refractivity contribution is 5.91. The molecule has 1 aromatic heterocycles. The van der Waals surface area contributed by atoms with Gasteiger partial charge < -0.3 is 15.4 Å². The summed E-state index contributed by atoms with van der Waals surface area (Å²) >= 11 is 0. The predicted molar refractivity (Wildman–Crippen MR) is 105 cm³/mol. The Morgan fingerprint density at radius 3 is 2.50 bits per heavy atom. The van der Waals surface area contributed by atoms with Crippen LogP contribution in [0.5, 0.6) is 0 Å². The maximum Gasteiger partial charge on any atom is 0.228 e. The Bertz CT molecular complexity index is 745. The molecule has 5 heteroatoms. The van der Waals surface area contributed by atoms with E-state index in [1.165, 1.54) is 5.56 Å². The lowest BCUT2D eigenvalue weighted by Gasteiger charge is -2.23. The Kier molecular flexibility index (Phi) is 5.57. The van der Waals surface area contributed by atoms with Crippen molar-refractivity contribution in [1.29, 1.82) is 0 Å². The molecule has 1 aliphatic heterocycles. The third kappa shape index (κ3) is 4.61. The van der Waals surface area contributed by atoms with Crippen molar-refractivity contribution in [2.75, 3.05) is 23.8 Å². The van der Waals surface area contributed by atoms with Gasteiger partial charge in [0.1, 0.15) is 5.82 Å². The monoisotopic (exact) mass is 353 g/mol. The molecule has 3 rings (SSSR count). The van der Waals surface area contributed by atoms with Gasteiger partial charge in [-0.2, -0.15) is 0 Å². The minimum absolute atomic E-state index is 0.0158. The van der Waals surface area contributed by atoms with E-state index in [9.17, 15) is 4.79 Å². The predicted octanol–water partition coefficient (Wildman–Crippen LogP) is 4.49. The molecule has 138 valence electrons. The first kappa shape index (κ1) is 18.4. The first-order valence-corrected chi connectivity index (χ1v) is 9.15. The van der Waals surface area contributed by atoms with Crippen molar-refractivity contribution in [1.82, 2.24) is 4.98 Å². The molecule has 1 amide bonds. The van der Waals surface area contributed by atoms with E-state index in [0.717, 1.165) is 24.2 Å². The lowest BCUT2D eigenvalue weighted by molar-refractivity contribution is -0.122. The van der Waals surface area contributed by atoms with E-state index in [4.69, 9.17) is 4.74 Å². The summed E-state index contributed by atoms with van der Waals surface area (Å²) in [5.74, 6) is 0.623. The number of nitrogens with one attached hydrogen (secondary N) is 2. The van der Waals surface area contributed by atoms with Crippen molar-refractivity contribution in [3.05, 3.63) is 48.2 Å². The Hall–Kier alpha value is -2.40. The number of amides is 1. The molecule has 26 heavy (non-hydrogen) atoms. The van der Waals surface area contributed by atoms with Gasteiger partial charge in [-0.25, -0.2) is 4.98 Å². The van der Waals surface area contributed by atoms with Crippen LogP contribution in [0.2, 0.25) is 0 Å². The van der Waals surface area contributed by atoms with Crippen LogP contribution in [0.4, 0.5) is 17.2 Å². The average molecular weight is 353 g/mol. The number of nitrogens with zero attached hydrogens (tertiary/aromatic N) is 1. The van der Waals surface area contributed by atoms with Crippen LogP contribution in [0.3, 0.4) is 0 Å². The van der Waals surface area contributed by atoms with Crippen LogP contribution >= 0.6 is 0 Å². The molecule has 0 aliphatic carbocycles. The van der Waals surface area contributed by atoms with Crippen LogP contribution in [0, 0.1) is 5.92 Å². The third-order valence-corrected chi connectivity index (χ3v) is 4.62. The average Bonchev–Trinajstić information content (AvgIpc) is 2.63. The van der Waals surface area contributed by atoms with Crippen LogP contribution in [0.25, 0.3) is 0 Å². The smallest absolute Gasteiger partial charge is 0.228 e. The van der Waals surface area contributed by atoms with Crippen LogP contribution < -0.4 is 10.6 Å². The van der Waals surface area contributed by atoms with Crippen molar-refractivity contribution >= 4 is 23.1 Å². The van der Waals surface area contributed by atoms with Crippen LogP contribution in [0.15, 0.2) is 42.6 Å². The quantitative estimate of drug-likeness (QED) is 0.850. The van der Waals surface area contributed by atoms with Gasteiger partial charge in [0.15, 0.2) is 0 Å². The second-order valence-corrected chi connectivity index (χ2v) is 7.73. The summed E-state index contributed by atoms with van der Waals surface area (Å²) in [6.45, 7) is 7.89. The molecule has 2 heterocycles. The summed E-state index contributed by atoms with van der Waals surface area (Å²) in [4.78, 5) is 16.7. The molecular weight excluding hydrogens is 326 g/mol. The highest BCUT2D eigenvalue weighted by Crippen LogP contribution is 2.31. The van der Waals surface area contributed by atoms with Crippen molar-refractivity contribution < 1.29 is 9.53 Å². The molecule has 0 saturated carbocycles. The number of pyridine rings is 1. The van der Waals surface area contributed by atoms with Gasteiger partial charge in [-0.15, -0.1) is 0 Å². The second-order valence-electron chi connectivity index (χ2n) is 7.73. The van der Waals surface area contributed by atoms with E-state index in [2.05, 4.69) is 54.6 Å². The number of benzene rings is 1. The standard InChI is InChI=1S/C21H27N3O2/c1-21(2,3)17-6-4-5-7-18(17)23-16-8-9-19(22-14-16)24-20(25)15-10-12-26-13-11-15/h4-9,14-15,23H,10-13H2,1-3H3,(H,22,24,25). The molecule has 0 atom stereocenters. The van der Waals surface area contributed by atoms with E-state index >= 15 is 0 Å². The fourth-order valence-corrected chi connectivity index (χ4v) is 3.13. The highest BCUT2D eigenvalue weighted by Gasteiger charge is 2.22. The number of anilines is 3. The molecule has 0 bridgehead atoms. The van der Waals surface area contributed by atoms with Gasteiger partial charge in [-0.05, 0) is 42.0 Å². The summed E-state index contributed by atoms with van der Waals surface area (Å²) in [5, 5.41) is 6.34. The van der Waals surface area contributed by atoms with E-state index in [1.807, 2.05) is 18.2 Å². The molecule has 2 aromatic rings. The summed E-state index contributed by atoms with van der Waals surface area (Å²) in [6.07, 6.45) is 3.29. The number of hydrogen-bond acceptors (Lipinski definition) is 4. The summed E-state index contributed by atoms with van der Waals surface area (Å²) in [7, 11) is 0. The summed E-state index contributed by atoms with van der Waals surface area (Å²) in [6, 6.07) is 12.1. The maximum absolute atomic E-state index is 12.3. The molecule has 5 nitrogen and oxygen atoms in total. The topological polar surface area (TPSA) is 63.2 Å². The minimum atomic E-state index is 0.0158. The Balaban J connectivity index is 1.66. The lowest BCUT2D eigenvalue weighted by atomic mass is 9.86. The van der Waals surface area contributed by atoms with Crippen LogP contribution in [-0.2, 0) is 14.9 Å². The van der Waals surface area contributed by atoms with Gasteiger partial charge in [-0.1, -0.05) is 39.0 Å². The second kappa shape index (κ2) is 7.87. The number of ether oxygens (including phenoxy) is 1. The van der Waals surface area contributed by atoms with Crippen molar-refractivity contribution in [3.8, 4) is 0 Å². The number of carbonyl (C=O) groups excluding carboxylic acids is 1. The Morgan fingerprint density at radius 1 is 1.12 bits per heavy atom. The number of aromatic nitrogens is 1. The number of para-hydroxylation sites is 1. The number of hydrogen-bond donors (Lipinski definition) is 2. The largest absolute Gasteiger partial charge is 0.381 e. The van der Waals surface area contributed by atoms with Crippen LogP contribution in [-0.4, -0.2) is 24.1 Å². The van der Waals surface area contributed by atoms with Gasteiger partial charge in [0, 0.05) is 24.8 Å². The molecule has 0 unspecified atom stereocenters. The molecular formula is C21H27N3O2. The van der Waals surface area contributed by atoms with Gasteiger partial charge in [0.05, 0.1) is 11.9 Å². The van der Waals surface area contributed by atoms with Crippen molar-refractivity contribution in [2.24, 2.45) is 5.92 Å². The number of carbonyl (C=O) groups is 1. The zero-order valence-electron chi connectivity index (χ0n) is 15.7. The van der Waals surface area contributed by atoms with Gasteiger partial charge >= 0.3 is 0 Å². The lowest BCUT2D eigenvalue weighted by Crippen LogP contribution is -2.28. The third-order valence-electron chi connectivity index (χ3n) is 4.62. The molecule has 1 fully saturated rings. The van der Waals surface area contributed by atoms with Crippen molar-refractivity contribution in [3.63, 3.8) is 0 Å². The van der Waals surface area contributed by atoms with E-state index in [1.54, 1.807) is 6.20 Å². The molecule has 0 spiro atoms. The minimum Gasteiger partial charge on any atom is -0.381 e. The summed E-state index contributed by atoms with van der Waals surface area (Å²) < 4.78 is 5.30. The molecule has 1 saturated heterocycles. The molecule has 2 N–H and O–H groups in total. The maximum atomic E-state index is 12.3. The Morgan fingerprint density at radius 2 is 1.85 bits per heavy atom. The zero-order chi connectivity index (χ0) is 18.6. The first-order valence-electron chi connectivity index (χ1n) is 9.15. The van der Waals surface area contributed by atoms with E-state index < -0.39 is 0 Å². The van der Waals surface area contributed by atoms with E-state index in [-0.39, 0.29) is 17.2 Å². The molecule has 1 aromatic carbocycles. The fraction of sp³-hybridized carbons (Fsp3) is 0.429. The fourth-order valence-electron chi connectivity index (χ4n) is 3.13. The van der Waals surface area contributed by atoms with Gasteiger partial charge in [0.2, 0.25) is 5.91 Å². The molecule has 0 radical (unpaired) electrons. The zero-order valence-corrected chi connectivity index (χ0v) is 15.7. The SMILES string of the molecule is CC(C)(C)c1ccccc1Nc1ccc(NC(=O)C2CCOCC2)nc1. The highest BCUT2D eigenvalue weighted by atomic mass is 16.5. The van der Waals surface area contributed by atoms with Gasteiger partial charge in [0.25, 0.3) is 0 Å². The summed E-state index contributed by atoms with van der Waals surface area (Å²) in [5.41, 5.74) is 3.26. The van der Waals surface area contributed by atoms with Crippen LogP contribution in [0.1, 0.15) is 39.2 Å². The number of rotatable bonds is 4. The van der Waals surface area contributed by atoms with Gasteiger partial charge in [-0.3, -0.25) is 4.79 Å². The van der Waals surface area contributed by atoms with Crippen molar-refractivity contribution in [2.45, 2.75) is 39.0 Å². The molecule has 1 aliphatic rings. The van der Waals surface area contributed by atoms with E-state index in [0.29, 0.717) is 19.0 Å². The Labute approximate surface area is 155 Å². The first-order chi connectivity index (χ1) is 12.4.